The summed E-state index contributed by atoms with van der Waals surface area (Å²) in [5.74, 6) is -0.0237. The minimum Gasteiger partial charge on any atom is -0.495 e. The van der Waals surface area contributed by atoms with Crippen LogP contribution in [0.2, 0.25) is 5.02 Å². The average Bonchev–Trinajstić information content (AvgIpc) is 3.51. The summed E-state index contributed by atoms with van der Waals surface area (Å²) in [4.78, 5) is 24.3. The second-order valence-corrected chi connectivity index (χ2v) is 10.2. The van der Waals surface area contributed by atoms with Gasteiger partial charge in [-0.15, -0.1) is 0 Å². The van der Waals surface area contributed by atoms with Crippen LogP contribution in [0.5, 0.6) is 5.75 Å². The molecule has 5 aromatic rings. The molecule has 0 radical (unpaired) electrons. The van der Waals surface area contributed by atoms with Crippen LogP contribution < -0.4 is 10.4 Å². The molecule has 204 valence electrons. The van der Waals surface area contributed by atoms with Crippen molar-refractivity contribution in [3.63, 3.8) is 0 Å². The van der Waals surface area contributed by atoms with Crippen LogP contribution >= 0.6 is 11.6 Å². The number of fused-ring (bicyclic) bond motifs is 1. The lowest BCUT2D eigenvalue weighted by Crippen LogP contribution is -2.20. The van der Waals surface area contributed by atoms with Crippen LogP contribution in [0.3, 0.4) is 0 Å². The number of ether oxygens (including phenoxy) is 2. The van der Waals surface area contributed by atoms with Crippen LogP contribution in [0.4, 0.5) is 4.39 Å². The Morgan fingerprint density at radius 3 is 2.45 bits per heavy atom. The van der Waals surface area contributed by atoms with Crippen LogP contribution in [0.25, 0.3) is 38.8 Å². The Hall–Kier alpha value is -4.21. The minimum absolute atomic E-state index is 0.231. The minimum atomic E-state index is -0.465. The lowest BCUT2D eigenvalue weighted by molar-refractivity contribution is -0.0367. The van der Waals surface area contributed by atoms with E-state index in [9.17, 15) is 9.59 Å². The second kappa shape index (κ2) is 10.4. The van der Waals surface area contributed by atoms with Gasteiger partial charge in [0.05, 0.1) is 23.3 Å². The number of methoxy groups -OCH3 is 1. The van der Waals surface area contributed by atoms with E-state index in [1.807, 2.05) is 18.2 Å². The lowest BCUT2D eigenvalue weighted by Gasteiger charge is -2.23. The van der Waals surface area contributed by atoms with E-state index in [0.717, 1.165) is 31.1 Å². The number of aryl methyl sites for hydroxylation is 1. The van der Waals surface area contributed by atoms with Gasteiger partial charge in [0.25, 0.3) is 0 Å². The van der Waals surface area contributed by atoms with Crippen molar-refractivity contribution in [3.05, 3.63) is 87.9 Å². The summed E-state index contributed by atoms with van der Waals surface area (Å²) in [5.41, 5.74) is 3.63. The lowest BCUT2D eigenvalue weighted by atomic mass is 9.95. The van der Waals surface area contributed by atoms with E-state index < -0.39 is 5.82 Å². The first-order valence-corrected chi connectivity index (χ1v) is 13.3. The van der Waals surface area contributed by atoms with E-state index in [4.69, 9.17) is 21.1 Å². The van der Waals surface area contributed by atoms with Crippen LogP contribution in [0.15, 0.2) is 65.7 Å². The Morgan fingerprint density at radius 1 is 1.07 bits per heavy atom. The molecular weight excluding hydrogens is 535 g/mol. The fourth-order valence-electron chi connectivity index (χ4n) is 5.32. The summed E-state index contributed by atoms with van der Waals surface area (Å²) in [6.45, 7) is 0.650. The number of rotatable bonds is 6. The van der Waals surface area contributed by atoms with Gasteiger partial charge in [-0.25, -0.2) is 13.9 Å². The number of carbonyl (C=O) groups is 1. The zero-order valence-corrected chi connectivity index (χ0v) is 22.7. The second-order valence-electron chi connectivity index (χ2n) is 9.76. The van der Waals surface area contributed by atoms with E-state index in [-0.39, 0.29) is 11.9 Å². The largest absolute Gasteiger partial charge is 0.495 e. The third kappa shape index (κ3) is 4.41. The fraction of sp³-hybridized carbons (Fsp3) is 0.233. The highest BCUT2D eigenvalue weighted by Gasteiger charge is 2.23. The van der Waals surface area contributed by atoms with Crippen molar-refractivity contribution in [1.29, 1.82) is 0 Å². The number of nitrogens with zero attached hydrogens (tertiary/aromatic N) is 4. The maximum atomic E-state index is 15.1. The quantitative estimate of drug-likeness (QED) is 0.232. The third-order valence-electron chi connectivity index (χ3n) is 7.31. The Kier molecular flexibility index (Phi) is 6.77. The zero-order chi connectivity index (χ0) is 28.0. The summed E-state index contributed by atoms with van der Waals surface area (Å²) in [6.07, 6.45) is 6.62. The van der Waals surface area contributed by atoms with Gasteiger partial charge in [0.15, 0.2) is 12.5 Å². The van der Waals surface area contributed by atoms with Crippen molar-refractivity contribution in [1.82, 2.24) is 18.9 Å². The van der Waals surface area contributed by atoms with Crippen LogP contribution in [0, 0.1) is 5.82 Å². The van der Waals surface area contributed by atoms with Crippen molar-refractivity contribution in [2.45, 2.75) is 25.5 Å². The Bertz CT molecular complexity index is 1820. The van der Waals surface area contributed by atoms with Gasteiger partial charge >= 0.3 is 5.69 Å². The molecule has 2 aromatic heterocycles. The monoisotopic (exact) mass is 560 g/mol. The summed E-state index contributed by atoms with van der Waals surface area (Å²) in [5, 5.41) is 5.50. The van der Waals surface area contributed by atoms with Crippen LogP contribution in [-0.4, -0.2) is 38.9 Å². The van der Waals surface area contributed by atoms with E-state index in [1.165, 1.54) is 28.4 Å². The van der Waals surface area contributed by atoms with Gasteiger partial charge in [-0.2, -0.15) is 5.10 Å². The molecule has 0 saturated carbocycles. The molecule has 0 bridgehead atoms. The molecule has 1 aliphatic heterocycles. The van der Waals surface area contributed by atoms with Gasteiger partial charge in [-0.3, -0.25) is 9.36 Å². The molecule has 0 N–H and O–H groups in total. The molecule has 6 rings (SSSR count). The van der Waals surface area contributed by atoms with Gasteiger partial charge in [-0.1, -0.05) is 23.7 Å². The number of carbonyl (C=O) groups excluding carboxylic acids is 1. The molecule has 1 unspecified atom stereocenters. The number of aldehydes is 1. The fourth-order valence-corrected chi connectivity index (χ4v) is 5.59. The normalized spacial score (nSPS) is 15.4. The summed E-state index contributed by atoms with van der Waals surface area (Å²) in [6, 6.07) is 13.5. The highest BCUT2D eigenvalue weighted by molar-refractivity contribution is 6.32. The Balaban J connectivity index is 1.46. The van der Waals surface area contributed by atoms with Crippen molar-refractivity contribution < 1.29 is 18.7 Å². The first-order valence-electron chi connectivity index (χ1n) is 12.9. The molecule has 1 aliphatic rings. The first-order chi connectivity index (χ1) is 19.4. The number of benzene rings is 3. The van der Waals surface area contributed by atoms with Crippen LogP contribution in [0.1, 0.15) is 36.0 Å². The Morgan fingerprint density at radius 2 is 1.82 bits per heavy atom. The molecule has 8 nitrogen and oxygen atoms in total. The van der Waals surface area contributed by atoms with E-state index in [1.54, 1.807) is 42.3 Å². The highest BCUT2D eigenvalue weighted by atomic mass is 35.5. The van der Waals surface area contributed by atoms with Crippen molar-refractivity contribution in [2.75, 3.05) is 13.7 Å². The van der Waals surface area contributed by atoms with Crippen molar-refractivity contribution in [3.8, 4) is 33.7 Å². The maximum absolute atomic E-state index is 15.1. The summed E-state index contributed by atoms with van der Waals surface area (Å²) < 4.78 is 31.5. The summed E-state index contributed by atoms with van der Waals surface area (Å²) in [7, 11) is 3.18. The maximum Gasteiger partial charge on any atom is 0.332 e. The van der Waals surface area contributed by atoms with Crippen LogP contribution in [-0.2, 0) is 11.8 Å². The number of imidazole rings is 1. The summed E-state index contributed by atoms with van der Waals surface area (Å²) >= 11 is 6.60. The number of aromatic nitrogens is 4. The number of halogens is 2. The molecule has 3 heterocycles. The number of hydrogen-bond acceptors (Lipinski definition) is 5. The van der Waals surface area contributed by atoms with E-state index >= 15 is 4.39 Å². The molecular formula is C30H26ClFN4O4. The molecule has 40 heavy (non-hydrogen) atoms. The molecule has 3 aromatic carbocycles. The standard InChI is InChI=1S/C30H26ClFN4O4/c1-34-10-11-35(30(34)38)27-9-7-19(14-24(27)31)22-16-20(32)15-21(29(22)39-2)18-6-8-26-23(13-18)25(17-37)33-36(26)28-5-3-4-12-40-28/h6-11,13-17,28H,3-5,12H2,1-2H3. The smallest absolute Gasteiger partial charge is 0.332 e. The molecule has 1 fully saturated rings. The molecule has 1 atom stereocenters. The van der Waals surface area contributed by atoms with E-state index in [0.29, 0.717) is 56.4 Å². The Labute approximate surface area is 234 Å². The van der Waals surface area contributed by atoms with Crippen molar-refractivity contribution >= 4 is 28.8 Å². The molecule has 10 heteroatoms. The van der Waals surface area contributed by atoms with Gasteiger partial charge in [0.1, 0.15) is 17.3 Å². The highest BCUT2D eigenvalue weighted by Crippen LogP contribution is 2.42. The predicted molar refractivity (Wildman–Crippen MR) is 151 cm³/mol. The first kappa shape index (κ1) is 26.0. The van der Waals surface area contributed by atoms with Crippen molar-refractivity contribution in [2.24, 2.45) is 7.05 Å². The third-order valence-corrected chi connectivity index (χ3v) is 7.61. The average molecular weight is 561 g/mol. The van der Waals surface area contributed by atoms with Gasteiger partial charge in [-0.05, 0) is 66.8 Å². The molecule has 0 amide bonds. The molecule has 0 spiro atoms. The topological polar surface area (TPSA) is 80.3 Å². The molecule has 1 saturated heterocycles. The van der Waals surface area contributed by atoms with E-state index in [2.05, 4.69) is 5.10 Å². The molecule has 0 aliphatic carbocycles. The SMILES string of the molecule is COc1c(-c2ccc(-n3ccn(C)c3=O)c(Cl)c2)cc(F)cc1-c1ccc2c(c1)c(C=O)nn2C1CCCCO1. The van der Waals surface area contributed by atoms with Gasteiger partial charge in [0, 0.05) is 42.6 Å². The zero-order valence-electron chi connectivity index (χ0n) is 21.9. The predicted octanol–water partition coefficient (Wildman–Crippen LogP) is 6.17. The number of hydrogen-bond donors (Lipinski definition) is 0. The van der Waals surface area contributed by atoms with Gasteiger partial charge in [0.2, 0.25) is 0 Å². The van der Waals surface area contributed by atoms with Gasteiger partial charge < -0.3 is 14.0 Å².